The van der Waals surface area contributed by atoms with E-state index in [0.29, 0.717) is 30.0 Å². The van der Waals surface area contributed by atoms with Gasteiger partial charge in [0.15, 0.2) is 10.2 Å². The first kappa shape index (κ1) is 26.7. The van der Waals surface area contributed by atoms with Gasteiger partial charge in [-0.1, -0.05) is 46.3 Å². The summed E-state index contributed by atoms with van der Waals surface area (Å²) in [5, 5.41) is 7.53. The number of amides is 1. The van der Waals surface area contributed by atoms with E-state index < -0.39 is 15.9 Å². The van der Waals surface area contributed by atoms with Crippen LogP contribution in [0.2, 0.25) is 0 Å². The number of rotatable bonds is 9. The molecule has 0 radical (unpaired) electrons. The lowest BCUT2D eigenvalue weighted by Crippen LogP contribution is -2.34. The van der Waals surface area contributed by atoms with Crippen molar-refractivity contribution < 1.29 is 17.9 Å². The molecule has 37 heavy (non-hydrogen) atoms. The lowest BCUT2D eigenvalue weighted by molar-refractivity contribution is 0.0973. The van der Waals surface area contributed by atoms with Gasteiger partial charge in [-0.05, 0) is 60.2 Å². The molecule has 3 aromatic carbocycles. The van der Waals surface area contributed by atoms with Gasteiger partial charge in [-0.25, -0.2) is 13.4 Å². The third kappa shape index (κ3) is 7.59. The summed E-state index contributed by atoms with van der Waals surface area (Å²) in [4.78, 5) is 16.9. The molecule has 0 unspecified atom stereocenters. The van der Waals surface area contributed by atoms with Crippen molar-refractivity contribution in [2.75, 3.05) is 16.6 Å². The maximum Gasteiger partial charge on any atom is 0.263 e. The second-order valence-electron chi connectivity index (χ2n) is 7.60. The van der Waals surface area contributed by atoms with E-state index in [1.165, 1.54) is 29.7 Å². The first-order valence-electron chi connectivity index (χ1n) is 10.9. The number of carbonyl (C=O) groups excluding carboxylic acids is 1. The van der Waals surface area contributed by atoms with Crippen LogP contribution < -0.4 is 20.1 Å². The van der Waals surface area contributed by atoms with E-state index in [-0.39, 0.29) is 15.1 Å². The average molecular weight is 618 g/mol. The van der Waals surface area contributed by atoms with Gasteiger partial charge in [0.2, 0.25) is 0 Å². The van der Waals surface area contributed by atoms with Gasteiger partial charge < -0.3 is 10.1 Å². The van der Waals surface area contributed by atoms with Crippen molar-refractivity contribution in [3.8, 4) is 5.75 Å². The number of ether oxygens (including phenoxy) is 1. The zero-order valence-corrected chi connectivity index (χ0v) is 23.2. The molecule has 0 aliphatic rings. The normalized spacial score (nSPS) is 10.9. The quantitative estimate of drug-likeness (QED) is 0.214. The lowest BCUT2D eigenvalue weighted by atomic mass is 10.1. The van der Waals surface area contributed by atoms with Crippen molar-refractivity contribution in [3.63, 3.8) is 0 Å². The van der Waals surface area contributed by atoms with Crippen molar-refractivity contribution in [2.45, 2.75) is 11.3 Å². The molecule has 4 aromatic rings. The molecule has 1 aromatic heterocycles. The zero-order chi connectivity index (χ0) is 26.3. The van der Waals surface area contributed by atoms with Crippen LogP contribution in [0.1, 0.15) is 15.9 Å². The number of benzene rings is 3. The largest absolute Gasteiger partial charge is 0.492 e. The molecule has 8 nitrogen and oxygen atoms in total. The summed E-state index contributed by atoms with van der Waals surface area (Å²) < 4.78 is 34.0. The monoisotopic (exact) mass is 616 g/mol. The third-order valence-corrected chi connectivity index (χ3v) is 7.85. The van der Waals surface area contributed by atoms with Gasteiger partial charge in [-0.2, -0.15) is 0 Å². The Morgan fingerprint density at radius 3 is 2.51 bits per heavy atom. The first-order chi connectivity index (χ1) is 17.8. The Balaban J connectivity index is 1.36. The smallest absolute Gasteiger partial charge is 0.263 e. The molecule has 4 rings (SSSR count). The second kappa shape index (κ2) is 12.3. The van der Waals surface area contributed by atoms with Gasteiger partial charge in [0.05, 0.1) is 17.1 Å². The predicted molar refractivity (Wildman–Crippen MR) is 153 cm³/mol. The van der Waals surface area contributed by atoms with Gasteiger partial charge in [-0.15, -0.1) is 11.3 Å². The van der Waals surface area contributed by atoms with Gasteiger partial charge in [-0.3, -0.25) is 14.8 Å². The van der Waals surface area contributed by atoms with Gasteiger partial charge in [0, 0.05) is 28.2 Å². The standard InChI is InChI=1S/C25H21BrN4O4S3/c26-18-6-11-22(34-14-12-17-4-2-1-3-5-17)21(16-18)23(31)29-24(35)28-19-7-9-20(10-8-19)37(32,33)30-25-27-13-15-36-25/h1-11,13,15-16H,12,14H2,(H,27,30)(H2,28,29,31,35). The maximum atomic E-state index is 13.0. The summed E-state index contributed by atoms with van der Waals surface area (Å²) in [7, 11) is -3.77. The fourth-order valence-corrected chi connectivity index (χ4v) is 5.59. The van der Waals surface area contributed by atoms with Crippen LogP contribution in [0.3, 0.4) is 0 Å². The fraction of sp³-hybridized carbons (Fsp3) is 0.0800. The number of nitrogens with one attached hydrogen (secondary N) is 3. The van der Waals surface area contributed by atoms with Gasteiger partial charge in [0.1, 0.15) is 5.75 Å². The van der Waals surface area contributed by atoms with Crippen LogP contribution in [-0.4, -0.2) is 31.0 Å². The number of sulfonamides is 1. The van der Waals surface area contributed by atoms with Crippen LogP contribution in [0.4, 0.5) is 10.8 Å². The number of hydrogen-bond donors (Lipinski definition) is 3. The molecule has 0 bridgehead atoms. The Morgan fingerprint density at radius 2 is 1.81 bits per heavy atom. The van der Waals surface area contributed by atoms with Crippen LogP contribution in [0, 0.1) is 0 Å². The van der Waals surface area contributed by atoms with Crippen LogP contribution >= 0.6 is 39.5 Å². The topological polar surface area (TPSA) is 109 Å². The molecule has 0 spiro atoms. The third-order valence-electron chi connectivity index (χ3n) is 4.98. The Hall–Kier alpha value is -3.32. The summed E-state index contributed by atoms with van der Waals surface area (Å²) in [6.07, 6.45) is 2.21. The van der Waals surface area contributed by atoms with Crippen molar-refractivity contribution in [1.29, 1.82) is 0 Å². The average Bonchev–Trinajstić information content (AvgIpc) is 3.38. The molecule has 0 aliphatic heterocycles. The minimum atomic E-state index is -3.77. The highest BCUT2D eigenvalue weighted by atomic mass is 79.9. The van der Waals surface area contributed by atoms with E-state index in [2.05, 4.69) is 36.3 Å². The summed E-state index contributed by atoms with van der Waals surface area (Å²) >= 11 is 9.86. The van der Waals surface area contributed by atoms with Crippen molar-refractivity contribution in [3.05, 3.63) is 100.0 Å². The Morgan fingerprint density at radius 1 is 1.05 bits per heavy atom. The molecule has 12 heteroatoms. The van der Waals surface area contributed by atoms with Crippen LogP contribution in [0.5, 0.6) is 5.75 Å². The van der Waals surface area contributed by atoms with Gasteiger partial charge >= 0.3 is 0 Å². The summed E-state index contributed by atoms with van der Waals surface area (Å²) in [6, 6.07) is 21.0. The number of thiocarbonyl (C=S) groups is 1. The molecule has 0 aliphatic carbocycles. The molecule has 1 heterocycles. The second-order valence-corrected chi connectivity index (χ2v) is 11.5. The SMILES string of the molecule is O=C(NC(=S)Nc1ccc(S(=O)(=O)Nc2nccs2)cc1)c1cc(Br)ccc1OCCc1ccccc1. The van der Waals surface area contributed by atoms with E-state index in [1.54, 1.807) is 35.7 Å². The molecular weight excluding hydrogens is 596 g/mol. The molecule has 1 amide bonds. The molecule has 3 N–H and O–H groups in total. The summed E-state index contributed by atoms with van der Waals surface area (Å²) in [5.41, 5.74) is 1.96. The minimum Gasteiger partial charge on any atom is -0.492 e. The highest BCUT2D eigenvalue weighted by Crippen LogP contribution is 2.24. The van der Waals surface area contributed by atoms with Crippen LogP contribution in [-0.2, 0) is 16.4 Å². The van der Waals surface area contributed by atoms with E-state index in [1.807, 2.05) is 30.3 Å². The Kier molecular flexibility index (Phi) is 8.87. The molecular formula is C25H21BrN4O4S3. The van der Waals surface area contributed by atoms with Gasteiger partial charge in [0.25, 0.3) is 15.9 Å². The van der Waals surface area contributed by atoms with E-state index in [9.17, 15) is 13.2 Å². The molecule has 0 fully saturated rings. The van der Waals surface area contributed by atoms with E-state index in [0.717, 1.165) is 10.0 Å². The number of nitrogens with zero attached hydrogens (tertiary/aromatic N) is 1. The fourth-order valence-electron chi connectivity index (χ4n) is 3.23. The number of thiazole rings is 1. The predicted octanol–water partition coefficient (Wildman–Crippen LogP) is 5.45. The molecule has 190 valence electrons. The minimum absolute atomic E-state index is 0.0525. The Bertz CT molecular complexity index is 1480. The summed E-state index contributed by atoms with van der Waals surface area (Å²) in [6.45, 7) is 0.404. The first-order valence-corrected chi connectivity index (χ1v) is 14.5. The molecule has 0 atom stereocenters. The Labute approximate surface area is 232 Å². The number of aromatic nitrogens is 1. The van der Waals surface area contributed by atoms with Crippen molar-refractivity contribution in [1.82, 2.24) is 10.3 Å². The number of carbonyl (C=O) groups is 1. The number of hydrogen-bond acceptors (Lipinski definition) is 7. The molecule has 0 saturated carbocycles. The van der Waals surface area contributed by atoms with Crippen LogP contribution in [0.15, 0.2) is 93.7 Å². The zero-order valence-electron chi connectivity index (χ0n) is 19.2. The summed E-state index contributed by atoms with van der Waals surface area (Å²) in [5.74, 6) is -0.0120. The van der Waals surface area contributed by atoms with Crippen LogP contribution in [0.25, 0.3) is 0 Å². The maximum absolute atomic E-state index is 13.0. The van der Waals surface area contributed by atoms with Crippen molar-refractivity contribution in [2.24, 2.45) is 0 Å². The number of halogens is 1. The highest BCUT2D eigenvalue weighted by molar-refractivity contribution is 9.10. The van der Waals surface area contributed by atoms with E-state index >= 15 is 0 Å². The van der Waals surface area contributed by atoms with E-state index in [4.69, 9.17) is 17.0 Å². The highest BCUT2D eigenvalue weighted by Gasteiger charge is 2.17. The lowest BCUT2D eigenvalue weighted by Gasteiger charge is -2.14. The van der Waals surface area contributed by atoms with Crippen molar-refractivity contribution >= 4 is 71.3 Å². The number of anilines is 2. The molecule has 0 saturated heterocycles.